The molecule has 172 valence electrons. The van der Waals surface area contributed by atoms with E-state index in [2.05, 4.69) is 15.3 Å². The monoisotopic (exact) mass is 467 g/mol. The number of ketones is 1. The Morgan fingerprint density at radius 1 is 1.15 bits per heavy atom. The van der Waals surface area contributed by atoms with Crippen molar-refractivity contribution in [3.63, 3.8) is 0 Å². The van der Waals surface area contributed by atoms with Gasteiger partial charge in [-0.1, -0.05) is 43.4 Å². The Morgan fingerprint density at radius 3 is 2.70 bits per heavy atom. The van der Waals surface area contributed by atoms with Crippen LogP contribution in [0.15, 0.2) is 30.6 Å². The molecule has 0 bridgehead atoms. The van der Waals surface area contributed by atoms with Crippen LogP contribution < -0.4 is 19.5 Å². The van der Waals surface area contributed by atoms with E-state index in [1.807, 2.05) is 24.3 Å². The summed E-state index contributed by atoms with van der Waals surface area (Å²) in [6.45, 7) is 0.876. The van der Waals surface area contributed by atoms with Gasteiger partial charge in [0, 0.05) is 29.6 Å². The number of hydrogen-bond acceptors (Lipinski definition) is 7. The van der Waals surface area contributed by atoms with E-state index in [0.29, 0.717) is 71.0 Å². The van der Waals surface area contributed by atoms with Gasteiger partial charge in [0.2, 0.25) is 5.75 Å². The Balaban J connectivity index is 1.39. The maximum absolute atomic E-state index is 12.5. The fraction of sp³-hybridized carbons (Fsp3) is 0.400. The van der Waals surface area contributed by atoms with Crippen LogP contribution in [0.2, 0.25) is 5.02 Å². The molecule has 1 N–H and O–H groups in total. The third-order valence-corrected chi connectivity index (χ3v) is 6.64. The van der Waals surface area contributed by atoms with E-state index in [-0.39, 0.29) is 5.78 Å². The molecule has 1 aliphatic carbocycles. The summed E-state index contributed by atoms with van der Waals surface area (Å²) in [5.41, 5.74) is 2.28. The zero-order valence-electron chi connectivity index (χ0n) is 18.5. The van der Waals surface area contributed by atoms with Gasteiger partial charge in [0.1, 0.15) is 31.1 Å². The van der Waals surface area contributed by atoms with Gasteiger partial charge in [-0.3, -0.25) is 4.79 Å². The third kappa shape index (κ3) is 4.55. The van der Waals surface area contributed by atoms with Crippen LogP contribution in [-0.4, -0.2) is 36.1 Å². The first-order valence-electron chi connectivity index (χ1n) is 11.3. The van der Waals surface area contributed by atoms with Gasteiger partial charge in [0.25, 0.3) is 0 Å². The van der Waals surface area contributed by atoms with E-state index in [4.69, 9.17) is 25.8 Å². The normalized spacial score (nSPS) is 15.6. The number of anilines is 2. The predicted octanol–water partition coefficient (Wildman–Crippen LogP) is 5.50. The molecule has 0 saturated heterocycles. The van der Waals surface area contributed by atoms with E-state index < -0.39 is 0 Å². The summed E-state index contributed by atoms with van der Waals surface area (Å²) in [6.07, 6.45) is 7.31. The Hall–Kier alpha value is -3.06. The summed E-state index contributed by atoms with van der Waals surface area (Å²) in [6, 6.07) is 7.44. The largest absolute Gasteiger partial charge is 0.493 e. The molecule has 2 aliphatic rings. The number of aromatic nitrogens is 2. The summed E-state index contributed by atoms with van der Waals surface area (Å²) >= 11 is 6.54. The number of benzene rings is 2. The van der Waals surface area contributed by atoms with Gasteiger partial charge in [0.05, 0.1) is 18.0 Å². The van der Waals surface area contributed by atoms with Gasteiger partial charge in [-0.25, -0.2) is 9.97 Å². The first-order chi connectivity index (χ1) is 16.1. The number of nitrogens with one attached hydrogen (secondary N) is 1. The van der Waals surface area contributed by atoms with Crippen LogP contribution in [0.1, 0.15) is 37.7 Å². The summed E-state index contributed by atoms with van der Waals surface area (Å²) in [7, 11) is 1.59. The molecule has 0 spiro atoms. The van der Waals surface area contributed by atoms with Crippen LogP contribution >= 0.6 is 11.6 Å². The lowest BCUT2D eigenvalue weighted by atomic mass is 9.97. The highest BCUT2D eigenvalue weighted by molar-refractivity contribution is 6.31. The highest BCUT2D eigenvalue weighted by Crippen LogP contribution is 2.47. The minimum absolute atomic E-state index is 0.254. The number of methoxy groups -OCH3 is 1. The van der Waals surface area contributed by atoms with Crippen molar-refractivity contribution in [3.8, 4) is 17.2 Å². The fourth-order valence-electron chi connectivity index (χ4n) is 4.68. The number of ether oxygens (including phenoxy) is 3. The second-order valence-electron chi connectivity index (χ2n) is 8.55. The topological polar surface area (TPSA) is 82.6 Å². The molecule has 7 nitrogen and oxygen atoms in total. The van der Waals surface area contributed by atoms with Gasteiger partial charge >= 0.3 is 0 Å². The van der Waals surface area contributed by atoms with Crippen molar-refractivity contribution in [2.24, 2.45) is 5.92 Å². The van der Waals surface area contributed by atoms with Crippen molar-refractivity contribution >= 4 is 39.8 Å². The molecule has 1 saturated carbocycles. The van der Waals surface area contributed by atoms with Crippen molar-refractivity contribution in [2.75, 3.05) is 25.6 Å². The number of carbonyl (C=O) groups is 1. The molecule has 0 amide bonds. The average Bonchev–Trinajstić information content (AvgIpc) is 3.33. The number of hydrogen-bond donors (Lipinski definition) is 1. The van der Waals surface area contributed by atoms with Gasteiger partial charge < -0.3 is 19.5 Å². The second kappa shape index (κ2) is 9.43. The summed E-state index contributed by atoms with van der Waals surface area (Å²) in [4.78, 5) is 21.3. The Bertz CT molecular complexity index is 1190. The summed E-state index contributed by atoms with van der Waals surface area (Å²) in [5.74, 6) is 3.03. The van der Waals surface area contributed by atoms with Crippen molar-refractivity contribution in [3.05, 3.63) is 41.2 Å². The molecular weight excluding hydrogens is 442 g/mol. The number of carbonyl (C=O) groups excluding carboxylic acids is 1. The molecule has 8 heteroatoms. The summed E-state index contributed by atoms with van der Waals surface area (Å²) < 4.78 is 17.2. The zero-order valence-corrected chi connectivity index (χ0v) is 19.3. The number of Topliss-reactive ketones (excluding diaryl/α,β-unsaturated/α-hetero) is 1. The molecule has 0 atom stereocenters. The molecule has 5 rings (SSSR count). The average molecular weight is 468 g/mol. The molecule has 33 heavy (non-hydrogen) atoms. The van der Waals surface area contributed by atoms with Crippen LogP contribution in [0.25, 0.3) is 10.9 Å². The molecule has 3 aromatic rings. The molecule has 2 heterocycles. The van der Waals surface area contributed by atoms with E-state index in [9.17, 15) is 4.79 Å². The minimum Gasteiger partial charge on any atom is -0.493 e. The van der Waals surface area contributed by atoms with Crippen molar-refractivity contribution < 1.29 is 19.0 Å². The van der Waals surface area contributed by atoms with Crippen LogP contribution in [0.4, 0.5) is 11.5 Å². The summed E-state index contributed by atoms with van der Waals surface area (Å²) in [5, 5.41) is 4.58. The molecule has 1 fully saturated rings. The molecule has 1 aliphatic heterocycles. The lowest BCUT2D eigenvalue weighted by molar-refractivity contribution is -0.119. The molecular formula is C25H26ClN3O4. The van der Waals surface area contributed by atoms with Gasteiger partial charge in [-0.15, -0.1) is 0 Å². The lowest BCUT2D eigenvalue weighted by Gasteiger charge is -2.23. The zero-order chi connectivity index (χ0) is 22.8. The number of nitrogens with zero attached hydrogens (tertiary/aromatic N) is 2. The maximum atomic E-state index is 12.5. The van der Waals surface area contributed by atoms with Gasteiger partial charge in [-0.05, 0) is 23.6 Å². The van der Waals surface area contributed by atoms with Crippen LogP contribution in [0, 0.1) is 5.92 Å². The van der Waals surface area contributed by atoms with Crippen LogP contribution in [0.5, 0.6) is 17.2 Å². The SMILES string of the molecule is COc1cc2ncnc(Nc3ccc(CC(=O)CC4CCCC4)c(Cl)c3)c2c2c1OCCO2. The van der Waals surface area contributed by atoms with E-state index in [1.165, 1.54) is 32.0 Å². The van der Waals surface area contributed by atoms with Gasteiger partial charge in [-0.2, -0.15) is 0 Å². The highest BCUT2D eigenvalue weighted by atomic mass is 35.5. The maximum Gasteiger partial charge on any atom is 0.204 e. The predicted molar refractivity (Wildman–Crippen MR) is 127 cm³/mol. The van der Waals surface area contributed by atoms with Crippen molar-refractivity contribution in [2.45, 2.75) is 38.5 Å². The smallest absolute Gasteiger partial charge is 0.204 e. The molecule has 0 radical (unpaired) electrons. The fourth-order valence-corrected chi connectivity index (χ4v) is 4.93. The van der Waals surface area contributed by atoms with E-state index >= 15 is 0 Å². The number of halogens is 1. The Labute approximate surface area is 197 Å². The van der Waals surface area contributed by atoms with E-state index in [0.717, 1.165) is 11.3 Å². The second-order valence-corrected chi connectivity index (χ2v) is 8.96. The lowest BCUT2D eigenvalue weighted by Crippen LogP contribution is -2.16. The quantitative estimate of drug-likeness (QED) is 0.491. The van der Waals surface area contributed by atoms with Gasteiger partial charge in [0.15, 0.2) is 11.5 Å². The van der Waals surface area contributed by atoms with Crippen LogP contribution in [0.3, 0.4) is 0 Å². The molecule has 1 aromatic heterocycles. The Kier molecular flexibility index (Phi) is 6.22. The van der Waals surface area contributed by atoms with Crippen molar-refractivity contribution in [1.82, 2.24) is 9.97 Å². The highest BCUT2D eigenvalue weighted by Gasteiger charge is 2.24. The molecule has 0 unspecified atom stereocenters. The standard InChI is InChI=1S/C25H26ClN3O4/c1-31-21-13-20-22(24-23(21)32-8-9-33-24)25(28-14-27-20)29-17-7-6-16(19(26)12-17)11-18(30)10-15-4-2-3-5-15/h6-7,12-15H,2-5,8-11H2,1H3,(H,27,28,29). The van der Waals surface area contributed by atoms with Crippen molar-refractivity contribution in [1.29, 1.82) is 0 Å². The third-order valence-electron chi connectivity index (χ3n) is 6.29. The Morgan fingerprint density at radius 2 is 1.94 bits per heavy atom. The van der Waals surface area contributed by atoms with E-state index in [1.54, 1.807) is 7.11 Å². The minimum atomic E-state index is 0.254. The number of fused-ring (bicyclic) bond motifs is 3. The first-order valence-corrected chi connectivity index (χ1v) is 11.7. The first kappa shape index (κ1) is 21.8. The molecule has 2 aromatic carbocycles. The van der Waals surface area contributed by atoms with Crippen LogP contribution in [-0.2, 0) is 11.2 Å². The number of rotatable bonds is 7.